The lowest BCUT2D eigenvalue weighted by Gasteiger charge is -2.28. The van der Waals surface area contributed by atoms with Crippen LogP contribution in [0, 0.1) is 5.92 Å². The van der Waals surface area contributed by atoms with Gasteiger partial charge in [0.1, 0.15) is 18.0 Å². The van der Waals surface area contributed by atoms with E-state index in [1.165, 1.54) is 12.8 Å². The molecule has 0 aromatic carbocycles. The summed E-state index contributed by atoms with van der Waals surface area (Å²) in [6.45, 7) is 4.29. The number of rotatable bonds is 6. The molecule has 1 atom stereocenters. The van der Waals surface area contributed by atoms with Crippen molar-refractivity contribution in [3.8, 4) is 0 Å². The lowest BCUT2D eigenvalue weighted by atomic mass is 10.1. The van der Waals surface area contributed by atoms with Crippen molar-refractivity contribution >= 4 is 11.6 Å². The number of nitrogens with one attached hydrogen (secondary N) is 1. The Morgan fingerprint density at radius 1 is 1.33 bits per heavy atom. The van der Waals surface area contributed by atoms with E-state index >= 15 is 0 Å². The molecule has 2 fully saturated rings. The summed E-state index contributed by atoms with van der Waals surface area (Å²) in [4.78, 5) is 13.3. The van der Waals surface area contributed by atoms with Crippen LogP contribution in [0.25, 0.3) is 0 Å². The minimum absolute atomic E-state index is 0.590. The SMILES string of the molecule is CN(C)C(CNc1cc(N2CCOCC2)ncn1)C1CC1. The van der Waals surface area contributed by atoms with Crippen molar-refractivity contribution in [3.05, 3.63) is 12.4 Å². The van der Waals surface area contributed by atoms with Gasteiger partial charge in [-0.2, -0.15) is 0 Å². The summed E-state index contributed by atoms with van der Waals surface area (Å²) in [7, 11) is 4.31. The zero-order valence-corrected chi connectivity index (χ0v) is 13.0. The molecule has 2 aliphatic rings. The van der Waals surface area contributed by atoms with Crippen molar-refractivity contribution in [2.24, 2.45) is 5.92 Å². The van der Waals surface area contributed by atoms with Crippen LogP contribution in [-0.2, 0) is 4.74 Å². The number of likely N-dealkylation sites (N-methyl/N-ethyl adjacent to an activating group) is 1. The quantitative estimate of drug-likeness (QED) is 0.846. The van der Waals surface area contributed by atoms with E-state index in [-0.39, 0.29) is 0 Å². The summed E-state index contributed by atoms with van der Waals surface area (Å²) in [6, 6.07) is 2.64. The van der Waals surface area contributed by atoms with Crippen LogP contribution in [0.1, 0.15) is 12.8 Å². The third kappa shape index (κ3) is 3.83. The summed E-state index contributed by atoms with van der Waals surface area (Å²) < 4.78 is 5.38. The number of morpholine rings is 1. The molecule has 0 bridgehead atoms. The van der Waals surface area contributed by atoms with Crippen LogP contribution in [0.4, 0.5) is 11.6 Å². The lowest BCUT2D eigenvalue weighted by Crippen LogP contribution is -2.37. The normalized spacial score (nSPS) is 20.6. The van der Waals surface area contributed by atoms with E-state index in [4.69, 9.17) is 4.74 Å². The van der Waals surface area contributed by atoms with Gasteiger partial charge in [-0.1, -0.05) is 0 Å². The molecule has 2 heterocycles. The van der Waals surface area contributed by atoms with Crippen LogP contribution in [0.3, 0.4) is 0 Å². The highest BCUT2D eigenvalue weighted by Crippen LogP contribution is 2.34. The van der Waals surface area contributed by atoms with Crippen LogP contribution in [0.2, 0.25) is 0 Å². The fraction of sp³-hybridized carbons (Fsp3) is 0.733. The smallest absolute Gasteiger partial charge is 0.134 e. The maximum Gasteiger partial charge on any atom is 0.134 e. The first-order valence-electron chi connectivity index (χ1n) is 7.79. The van der Waals surface area contributed by atoms with Crippen molar-refractivity contribution < 1.29 is 4.74 Å². The van der Waals surface area contributed by atoms with E-state index in [2.05, 4.69) is 39.2 Å². The van der Waals surface area contributed by atoms with Crippen LogP contribution in [0.5, 0.6) is 0 Å². The van der Waals surface area contributed by atoms with Gasteiger partial charge in [0.05, 0.1) is 13.2 Å². The Balaban J connectivity index is 1.60. The predicted molar refractivity (Wildman–Crippen MR) is 83.8 cm³/mol. The van der Waals surface area contributed by atoms with E-state index in [1.54, 1.807) is 6.33 Å². The monoisotopic (exact) mass is 291 g/mol. The number of aromatic nitrogens is 2. The van der Waals surface area contributed by atoms with Crippen molar-refractivity contribution in [2.75, 3.05) is 57.2 Å². The minimum atomic E-state index is 0.590. The molecule has 116 valence electrons. The number of hydrogen-bond acceptors (Lipinski definition) is 6. The third-order valence-electron chi connectivity index (χ3n) is 4.31. The van der Waals surface area contributed by atoms with Gasteiger partial charge in [-0.25, -0.2) is 9.97 Å². The van der Waals surface area contributed by atoms with Gasteiger partial charge < -0.3 is 19.9 Å². The standard InChI is InChI=1S/C15H25N5O/c1-19(2)13(12-3-4-12)10-16-14-9-15(18-11-17-14)20-5-7-21-8-6-20/h9,11-13H,3-8,10H2,1-2H3,(H,16,17,18). The molecular weight excluding hydrogens is 266 g/mol. The summed E-state index contributed by atoms with van der Waals surface area (Å²) in [5.41, 5.74) is 0. The van der Waals surface area contributed by atoms with Gasteiger partial charge in [0, 0.05) is 31.7 Å². The Morgan fingerprint density at radius 3 is 2.76 bits per heavy atom. The predicted octanol–water partition coefficient (Wildman–Crippen LogP) is 1.07. The first kappa shape index (κ1) is 14.5. The first-order valence-corrected chi connectivity index (χ1v) is 7.79. The Labute approximate surface area is 126 Å². The molecule has 0 spiro atoms. The highest BCUT2D eigenvalue weighted by molar-refractivity contribution is 5.48. The van der Waals surface area contributed by atoms with Gasteiger partial charge in [-0.05, 0) is 32.9 Å². The van der Waals surface area contributed by atoms with Gasteiger partial charge in [-0.3, -0.25) is 0 Å². The van der Waals surface area contributed by atoms with Crippen molar-refractivity contribution in [2.45, 2.75) is 18.9 Å². The second-order valence-corrected chi connectivity index (χ2v) is 6.11. The maximum absolute atomic E-state index is 5.38. The Bertz CT molecular complexity index is 455. The van der Waals surface area contributed by atoms with Crippen molar-refractivity contribution in [1.82, 2.24) is 14.9 Å². The molecule has 1 aliphatic carbocycles. The molecule has 0 radical (unpaired) electrons. The van der Waals surface area contributed by atoms with E-state index in [9.17, 15) is 0 Å². The first-order chi connectivity index (χ1) is 10.2. The molecule has 6 heteroatoms. The number of hydrogen-bond donors (Lipinski definition) is 1. The van der Waals surface area contributed by atoms with Crippen LogP contribution >= 0.6 is 0 Å². The second kappa shape index (κ2) is 6.58. The van der Waals surface area contributed by atoms with E-state index < -0.39 is 0 Å². The fourth-order valence-corrected chi connectivity index (χ4v) is 2.87. The highest BCUT2D eigenvalue weighted by Gasteiger charge is 2.32. The van der Waals surface area contributed by atoms with Crippen LogP contribution in [0.15, 0.2) is 12.4 Å². The van der Waals surface area contributed by atoms with Gasteiger partial charge in [-0.15, -0.1) is 0 Å². The van der Waals surface area contributed by atoms with Crippen LogP contribution in [-0.4, -0.2) is 67.9 Å². The zero-order chi connectivity index (χ0) is 14.7. The number of ether oxygens (including phenoxy) is 1. The topological polar surface area (TPSA) is 53.5 Å². The minimum Gasteiger partial charge on any atom is -0.378 e. The molecular formula is C15H25N5O. The third-order valence-corrected chi connectivity index (χ3v) is 4.31. The second-order valence-electron chi connectivity index (χ2n) is 6.11. The van der Waals surface area contributed by atoms with Crippen molar-refractivity contribution in [3.63, 3.8) is 0 Å². The maximum atomic E-state index is 5.38. The largest absolute Gasteiger partial charge is 0.378 e. The molecule has 1 aromatic heterocycles. The van der Waals surface area contributed by atoms with E-state index in [1.807, 2.05) is 6.07 Å². The van der Waals surface area contributed by atoms with Crippen LogP contribution < -0.4 is 10.2 Å². The Morgan fingerprint density at radius 2 is 2.10 bits per heavy atom. The number of nitrogens with zero attached hydrogens (tertiary/aromatic N) is 4. The van der Waals surface area contributed by atoms with E-state index in [0.29, 0.717) is 6.04 Å². The molecule has 3 rings (SSSR count). The number of anilines is 2. The van der Waals surface area contributed by atoms with Gasteiger partial charge >= 0.3 is 0 Å². The summed E-state index contributed by atoms with van der Waals surface area (Å²) in [5.74, 6) is 2.75. The van der Waals surface area contributed by atoms with Gasteiger partial charge in [0.25, 0.3) is 0 Å². The summed E-state index contributed by atoms with van der Waals surface area (Å²) >= 11 is 0. The van der Waals surface area contributed by atoms with Gasteiger partial charge in [0.2, 0.25) is 0 Å². The van der Waals surface area contributed by atoms with Crippen molar-refractivity contribution in [1.29, 1.82) is 0 Å². The molecule has 0 amide bonds. The average Bonchev–Trinajstić information content (AvgIpc) is 3.33. The lowest BCUT2D eigenvalue weighted by molar-refractivity contribution is 0.122. The summed E-state index contributed by atoms with van der Waals surface area (Å²) in [6.07, 6.45) is 4.36. The molecule has 1 unspecified atom stereocenters. The molecule has 1 N–H and O–H groups in total. The van der Waals surface area contributed by atoms with Gasteiger partial charge in [0.15, 0.2) is 0 Å². The molecule has 21 heavy (non-hydrogen) atoms. The fourth-order valence-electron chi connectivity index (χ4n) is 2.87. The average molecular weight is 291 g/mol. The summed E-state index contributed by atoms with van der Waals surface area (Å²) in [5, 5.41) is 3.48. The molecule has 1 saturated heterocycles. The Kier molecular flexibility index (Phi) is 4.55. The molecule has 1 aliphatic heterocycles. The zero-order valence-electron chi connectivity index (χ0n) is 13.0. The van der Waals surface area contributed by atoms with E-state index in [0.717, 1.165) is 50.4 Å². The Hall–Kier alpha value is -1.40. The molecule has 1 saturated carbocycles. The highest BCUT2D eigenvalue weighted by atomic mass is 16.5. The molecule has 1 aromatic rings. The molecule has 6 nitrogen and oxygen atoms in total.